The number of nitrogens with two attached hydrogens (primary N) is 1. The van der Waals surface area contributed by atoms with Crippen LogP contribution in [0.25, 0.3) is 0 Å². The molecule has 0 amide bonds. The number of rotatable bonds is 6. The molecule has 26 heavy (non-hydrogen) atoms. The Labute approximate surface area is 158 Å². The first-order valence-corrected chi connectivity index (χ1v) is 9.84. The van der Waals surface area contributed by atoms with Crippen molar-refractivity contribution in [2.24, 2.45) is 4.99 Å². The highest BCUT2D eigenvalue weighted by Gasteiger charge is 2.02. The summed E-state index contributed by atoms with van der Waals surface area (Å²) in [5.74, 6) is 0. The van der Waals surface area contributed by atoms with Crippen molar-refractivity contribution in [2.45, 2.75) is 9.79 Å². The first kappa shape index (κ1) is 18.0. The Hall–Kier alpha value is -2.77. The average molecular weight is 381 g/mol. The maximum absolute atomic E-state index is 10.6. The van der Waals surface area contributed by atoms with Crippen molar-refractivity contribution in [3.8, 4) is 0 Å². The summed E-state index contributed by atoms with van der Waals surface area (Å²) in [4.78, 5) is 16.9. The Kier molecular flexibility index (Phi) is 5.93. The highest BCUT2D eigenvalue weighted by molar-refractivity contribution is 8.76. The third-order valence-electron chi connectivity index (χ3n) is 3.42. The quantitative estimate of drug-likeness (QED) is 0.194. The van der Waals surface area contributed by atoms with E-state index in [9.17, 15) is 10.1 Å². The van der Waals surface area contributed by atoms with Gasteiger partial charge in [-0.25, -0.2) is 0 Å². The zero-order valence-corrected chi connectivity index (χ0v) is 15.2. The van der Waals surface area contributed by atoms with E-state index < -0.39 is 4.92 Å². The van der Waals surface area contributed by atoms with Crippen LogP contribution in [0.4, 0.5) is 17.1 Å². The average Bonchev–Trinajstić information content (AvgIpc) is 2.67. The minimum absolute atomic E-state index is 0.0714. The van der Waals surface area contributed by atoms with Crippen LogP contribution in [0.15, 0.2) is 87.6 Å². The maximum Gasteiger partial charge on any atom is 0.269 e. The zero-order chi connectivity index (χ0) is 18.4. The Bertz CT molecular complexity index is 909. The summed E-state index contributed by atoms with van der Waals surface area (Å²) < 4.78 is 0. The molecule has 0 atom stereocenters. The molecule has 3 aromatic rings. The molecule has 0 aliphatic rings. The minimum atomic E-state index is -0.417. The molecule has 0 bridgehead atoms. The fourth-order valence-electron chi connectivity index (χ4n) is 2.04. The molecule has 2 N–H and O–H groups in total. The van der Waals surface area contributed by atoms with Gasteiger partial charge in [0.05, 0.1) is 10.6 Å². The van der Waals surface area contributed by atoms with E-state index in [4.69, 9.17) is 5.73 Å². The first-order valence-electron chi connectivity index (χ1n) is 7.69. The molecule has 0 spiro atoms. The van der Waals surface area contributed by atoms with Crippen LogP contribution in [0.2, 0.25) is 0 Å². The van der Waals surface area contributed by atoms with Crippen molar-refractivity contribution < 1.29 is 4.92 Å². The number of nitro groups is 1. The van der Waals surface area contributed by atoms with Crippen molar-refractivity contribution in [1.29, 1.82) is 0 Å². The summed E-state index contributed by atoms with van der Waals surface area (Å²) in [5, 5.41) is 10.6. The molecule has 3 aromatic carbocycles. The number of hydrogen-bond acceptors (Lipinski definition) is 6. The molecule has 0 saturated heterocycles. The molecule has 0 fully saturated rings. The summed E-state index contributed by atoms with van der Waals surface area (Å²) in [6.07, 6.45) is 1.69. The maximum atomic E-state index is 10.6. The Morgan fingerprint density at radius 3 is 1.92 bits per heavy atom. The van der Waals surface area contributed by atoms with Crippen molar-refractivity contribution >= 4 is 44.9 Å². The van der Waals surface area contributed by atoms with Crippen molar-refractivity contribution in [2.75, 3.05) is 5.73 Å². The highest BCUT2D eigenvalue weighted by atomic mass is 33.1. The molecule has 130 valence electrons. The van der Waals surface area contributed by atoms with Crippen molar-refractivity contribution in [1.82, 2.24) is 0 Å². The predicted molar refractivity (Wildman–Crippen MR) is 109 cm³/mol. The topological polar surface area (TPSA) is 81.5 Å². The van der Waals surface area contributed by atoms with Crippen LogP contribution >= 0.6 is 21.6 Å². The standard InChI is InChI=1S/C19H15N3O2S2/c20-15-3-9-18(10-4-15)25-26-19-11-5-16(6-12-19)21-13-14-1-7-17(8-2-14)22(23)24/h1-13H,20H2/b21-13-. The fraction of sp³-hybridized carbons (Fsp3) is 0. The third-order valence-corrected chi connectivity index (χ3v) is 5.83. The number of nitro benzene ring substituents is 1. The number of aliphatic imine (C=N–C) groups is 1. The van der Waals surface area contributed by atoms with Gasteiger partial charge in [0, 0.05) is 33.8 Å². The van der Waals surface area contributed by atoms with E-state index in [1.54, 1.807) is 39.9 Å². The van der Waals surface area contributed by atoms with E-state index in [-0.39, 0.29) is 5.69 Å². The first-order chi connectivity index (χ1) is 12.6. The van der Waals surface area contributed by atoms with E-state index in [2.05, 4.69) is 4.99 Å². The van der Waals surface area contributed by atoms with Crippen LogP contribution < -0.4 is 5.73 Å². The molecular formula is C19H15N3O2S2. The van der Waals surface area contributed by atoms with Gasteiger partial charge in [0.15, 0.2) is 0 Å². The smallest absolute Gasteiger partial charge is 0.269 e. The van der Waals surface area contributed by atoms with Gasteiger partial charge in [-0.2, -0.15) is 0 Å². The van der Waals surface area contributed by atoms with Crippen LogP contribution in [0.5, 0.6) is 0 Å². The summed E-state index contributed by atoms with van der Waals surface area (Å²) in [6, 6.07) is 22.0. The fourth-order valence-corrected chi connectivity index (χ4v) is 3.97. The second kappa shape index (κ2) is 8.55. The van der Waals surface area contributed by atoms with Crippen molar-refractivity contribution in [3.63, 3.8) is 0 Å². The van der Waals surface area contributed by atoms with Gasteiger partial charge in [0.1, 0.15) is 0 Å². The van der Waals surface area contributed by atoms with E-state index in [1.165, 1.54) is 12.1 Å². The Balaban J connectivity index is 1.58. The van der Waals surface area contributed by atoms with Crippen LogP contribution in [0.1, 0.15) is 5.56 Å². The van der Waals surface area contributed by atoms with Gasteiger partial charge in [-0.1, -0.05) is 21.6 Å². The second-order valence-corrected chi connectivity index (χ2v) is 7.61. The lowest BCUT2D eigenvalue weighted by molar-refractivity contribution is -0.384. The molecule has 0 saturated carbocycles. The summed E-state index contributed by atoms with van der Waals surface area (Å²) in [5.41, 5.74) is 8.15. The third kappa shape index (κ3) is 5.11. The number of hydrogen-bond donors (Lipinski definition) is 1. The number of nitrogens with zero attached hydrogens (tertiary/aromatic N) is 2. The predicted octanol–water partition coefficient (Wildman–Crippen LogP) is 5.73. The van der Waals surface area contributed by atoms with Gasteiger partial charge >= 0.3 is 0 Å². The molecule has 0 aliphatic carbocycles. The molecular weight excluding hydrogens is 366 g/mol. The molecule has 3 rings (SSSR count). The van der Waals surface area contributed by atoms with Gasteiger partial charge in [-0.15, -0.1) is 0 Å². The monoisotopic (exact) mass is 381 g/mol. The second-order valence-electron chi connectivity index (χ2n) is 5.34. The Morgan fingerprint density at radius 1 is 0.846 bits per heavy atom. The summed E-state index contributed by atoms with van der Waals surface area (Å²) in [6.45, 7) is 0. The lowest BCUT2D eigenvalue weighted by atomic mass is 10.2. The van der Waals surface area contributed by atoms with E-state index >= 15 is 0 Å². The molecule has 0 aromatic heterocycles. The van der Waals surface area contributed by atoms with Crippen molar-refractivity contribution in [3.05, 3.63) is 88.5 Å². The lowest BCUT2D eigenvalue weighted by Crippen LogP contribution is -1.88. The molecule has 5 nitrogen and oxygen atoms in total. The number of benzene rings is 3. The largest absolute Gasteiger partial charge is 0.399 e. The summed E-state index contributed by atoms with van der Waals surface area (Å²) >= 11 is 0. The molecule has 0 radical (unpaired) electrons. The van der Waals surface area contributed by atoms with Crippen LogP contribution in [0.3, 0.4) is 0 Å². The van der Waals surface area contributed by atoms with Crippen LogP contribution in [-0.4, -0.2) is 11.1 Å². The minimum Gasteiger partial charge on any atom is -0.399 e. The van der Waals surface area contributed by atoms with Gasteiger partial charge in [-0.05, 0) is 66.2 Å². The van der Waals surface area contributed by atoms with Gasteiger partial charge in [0.2, 0.25) is 0 Å². The van der Waals surface area contributed by atoms with Gasteiger partial charge < -0.3 is 5.73 Å². The zero-order valence-electron chi connectivity index (χ0n) is 13.6. The van der Waals surface area contributed by atoms with E-state index in [0.29, 0.717) is 0 Å². The highest BCUT2D eigenvalue weighted by Crippen LogP contribution is 2.37. The summed E-state index contributed by atoms with van der Waals surface area (Å²) in [7, 11) is 3.34. The Morgan fingerprint density at radius 2 is 1.38 bits per heavy atom. The van der Waals surface area contributed by atoms with E-state index in [0.717, 1.165) is 26.7 Å². The van der Waals surface area contributed by atoms with Gasteiger partial charge in [0.25, 0.3) is 5.69 Å². The number of anilines is 1. The SMILES string of the molecule is Nc1ccc(SSc2ccc(/N=C\c3ccc([N+](=O)[O-])cc3)cc2)cc1. The molecule has 0 heterocycles. The molecule has 0 aliphatic heterocycles. The van der Waals surface area contributed by atoms with Gasteiger partial charge in [-0.3, -0.25) is 15.1 Å². The molecule has 0 unspecified atom stereocenters. The molecule has 7 heteroatoms. The number of nitrogen functional groups attached to an aromatic ring is 1. The lowest BCUT2D eigenvalue weighted by Gasteiger charge is -2.02. The van der Waals surface area contributed by atoms with E-state index in [1.807, 2.05) is 48.5 Å². The van der Waals surface area contributed by atoms with Crippen LogP contribution in [0, 0.1) is 10.1 Å². The normalized spacial score (nSPS) is 10.9. The van der Waals surface area contributed by atoms with Crippen LogP contribution in [-0.2, 0) is 0 Å². The number of non-ortho nitro benzene ring substituents is 1.